The largest absolute Gasteiger partial charge is 0.496 e. The summed E-state index contributed by atoms with van der Waals surface area (Å²) in [5.74, 6) is 2.38. The fraction of sp³-hybridized carbons (Fsp3) is 0.318. The van der Waals surface area contributed by atoms with E-state index < -0.39 is 0 Å². The number of nitrogens with one attached hydrogen (secondary N) is 1. The van der Waals surface area contributed by atoms with Crippen molar-refractivity contribution in [3.63, 3.8) is 0 Å². The summed E-state index contributed by atoms with van der Waals surface area (Å²) in [5, 5.41) is 3.97. The number of benzene rings is 2. The Hall–Kier alpha value is -3.15. The lowest BCUT2D eigenvalue weighted by atomic mass is 10.1. The summed E-state index contributed by atoms with van der Waals surface area (Å²) in [5.41, 5.74) is 2.85. The van der Waals surface area contributed by atoms with Gasteiger partial charge in [0.05, 0.1) is 13.7 Å². The summed E-state index contributed by atoms with van der Waals surface area (Å²) in [6.07, 6.45) is 1.04. The SMILES string of the molecule is COc1cc2c(cc1CNC(=O)N(C)Cc1cc3ccccc3o1)OC(C)C2. The van der Waals surface area contributed by atoms with Gasteiger partial charge in [-0.25, -0.2) is 4.79 Å². The number of ether oxygens (including phenoxy) is 2. The van der Waals surface area contributed by atoms with Crippen LogP contribution in [0.25, 0.3) is 11.0 Å². The number of nitrogens with zero attached hydrogens (tertiary/aromatic N) is 1. The molecule has 146 valence electrons. The third-order valence-corrected chi connectivity index (χ3v) is 4.95. The minimum Gasteiger partial charge on any atom is -0.496 e. The molecule has 1 aromatic heterocycles. The first-order valence-electron chi connectivity index (χ1n) is 9.36. The van der Waals surface area contributed by atoms with E-state index in [2.05, 4.69) is 5.32 Å². The first-order valence-corrected chi connectivity index (χ1v) is 9.36. The van der Waals surface area contributed by atoms with E-state index in [9.17, 15) is 4.79 Å². The fourth-order valence-corrected chi connectivity index (χ4v) is 3.54. The Labute approximate surface area is 164 Å². The molecule has 0 saturated carbocycles. The smallest absolute Gasteiger partial charge is 0.317 e. The van der Waals surface area contributed by atoms with Crippen LogP contribution in [-0.4, -0.2) is 31.2 Å². The molecular weight excluding hydrogens is 356 g/mol. The third-order valence-electron chi connectivity index (χ3n) is 4.95. The Balaban J connectivity index is 1.40. The van der Waals surface area contributed by atoms with Crippen LogP contribution in [-0.2, 0) is 19.5 Å². The van der Waals surface area contributed by atoms with Crippen molar-refractivity contribution in [2.24, 2.45) is 0 Å². The minimum atomic E-state index is -0.183. The predicted octanol–water partition coefficient (Wildman–Crippen LogP) is 4.11. The van der Waals surface area contributed by atoms with Gasteiger partial charge in [0.15, 0.2) is 0 Å². The highest BCUT2D eigenvalue weighted by Gasteiger charge is 2.22. The molecule has 1 aliphatic rings. The van der Waals surface area contributed by atoms with Gasteiger partial charge in [-0.05, 0) is 31.2 Å². The van der Waals surface area contributed by atoms with Gasteiger partial charge in [0.2, 0.25) is 0 Å². The summed E-state index contributed by atoms with van der Waals surface area (Å²) in [7, 11) is 3.38. The molecule has 6 heteroatoms. The van der Waals surface area contributed by atoms with Gasteiger partial charge in [-0.2, -0.15) is 0 Å². The molecule has 1 atom stereocenters. The second-order valence-corrected chi connectivity index (χ2v) is 7.17. The molecule has 28 heavy (non-hydrogen) atoms. The molecule has 2 heterocycles. The van der Waals surface area contributed by atoms with Gasteiger partial charge < -0.3 is 24.1 Å². The van der Waals surface area contributed by atoms with E-state index in [1.54, 1.807) is 19.1 Å². The Kier molecular flexibility index (Phi) is 4.86. The monoisotopic (exact) mass is 380 g/mol. The van der Waals surface area contributed by atoms with Crippen molar-refractivity contribution < 1.29 is 18.7 Å². The zero-order valence-corrected chi connectivity index (χ0v) is 16.3. The van der Waals surface area contributed by atoms with E-state index in [1.165, 1.54) is 0 Å². The Morgan fingerprint density at radius 2 is 2.11 bits per heavy atom. The lowest BCUT2D eigenvalue weighted by Crippen LogP contribution is -2.36. The molecule has 0 radical (unpaired) electrons. The molecule has 0 saturated heterocycles. The van der Waals surface area contributed by atoms with Gasteiger partial charge in [0.25, 0.3) is 0 Å². The molecule has 0 aliphatic carbocycles. The fourth-order valence-electron chi connectivity index (χ4n) is 3.54. The molecular formula is C22H24N2O4. The number of amides is 2. The van der Waals surface area contributed by atoms with Crippen LogP contribution in [0.3, 0.4) is 0 Å². The van der Waals surface area contributed by atoms with Crippen LogP contribution in [0.15, 0.2) is 46.9 Å². The molecule has 2 amide bonds. The maximum absolute atomic E-state index is 12.5. The van der Waals surface area contributed by atoms with Gasteiger partial charge in [-0.1, -0.05) is 18.2 Å². The minimum absolute atomic E-state index is 0.166. The van der Waals surface area contributed by atoms with Gasteiger partial charge in [0, 0.05) is 36.5 Å². The van der Waals surface area contributed by atoms with Crippen molar-refractivity contribution in [3.8, 4) is 11.5 Å². The highest BCUT2D eigenvalue weighted by molar-refractivity contribution is 5.78. The van der Waals surface area contributed by atoms with Gasteiger partial charge in [-0.15, -0.1) is 0 Å². The molecule has 2 aromatic carbocycles. The summed E-state index contributed by atoms with van der Waals surface area (Å²) in [4.78, 5) is 14.1. The second-order valence-electron chi connectivity index (χ2n) is 7.17. The van der Waals surface area contributed by atoms with E-state index in [4.69, 9.17) is 13.9 Å². The Morgan fingerprint density at radius 1 is 1.29 bits per heavy atom. The quantitative estimate of drug-likeness (QED) is 0.724. The average Bonchev–Trinajstić information content (AvgIpc) is 3.25. The van der Waals surface area contributed by atoms with Gasteiger partial charge in [0.1, 0.15) is 28.9 Å². The summed E-state index contributed by atoms with van der Waals surface area (Å²) in [6, 6.07) is 13.5. The molecule has 3 aromatic rings. The number of furan rings is 1. The molecule has 0 fully saturated rings. The Morgan fingerprint density at radius 3 is 2.89 bits per heavy atom. The van der Waals surface area contributed by atoms with E-state index in [0.29, 0.717) is 13.1 Å². The molecule has 0 spiro atoms. The zero-order valence-electron chi connectivity index (χ0n) is 16.3. The maximum Gasteiger partial charge on any atom is 0.317 e. The summed E-state index contributed by atoms with van der Waals surface area (Å²) < 4.78 is 17.1. The van der Waals surface area contributed by atoms with Crippen molar-refractivity contribution in [1.29, 1.82) is 0 Å². The lowest BCUT2D eigenvalue weighted by molar-refractivity contribution is 0.203. The predicted molar refractivity (Wildman–Crippen MR) is 107 cm³/mol. The number of para-hydroxylation sites is 1. The van der Waals surface area contributed by atoms with E-state index in [0.717, 1.165) is 45.8 Å². The molecule has 4 rings (SSSR count). The number of hydrogen-bond donors (Lipinski definition) is 1. The van der Waals surface area contributed by atoms with Crippen LogP contribution in [0.1, 0.15) is 23.8 Å². The third kappa shape index (κ3) is 3.63. The number of carbonyl (C=O) groups is 1. The van der Waals surface area contributed by atoms with Crippen molar-refractivity contribution in [2.75, 3.05) is 14.2 Å². The van der Waals surface area contributed by atoms with E-state index in [-0.39, 0.29) is 12.1 Å². The van der Waals surface area contributed by atoms with Crippen molar-refractivity contribution >= 4 is 17.0 Å². The van der Waals surface area contributed by atoms with E-state index >= 15 is 0 Å². The van der Waals surface area contributed by atoms with Crippen LogP contribution < -0.4 is 14.8 Å². The normalized spacial score (nSPS) is 15.2. The van der Waals surface area contributed by atoms with Crippen molar-refractivity contribution in [1.82, 2.24) is 10.2 Å². The number of urea groups is 1. The molecule has 1 N–H and O–H groups in total. The standard InChI is InChI=1S/C22H24N2O4/c1-14-8-16-10-20(26-3)17(11-21(16)27-14)12-23-22(25)24(2)13-18-9-15-6-4-5-7-19(15)28-18/h4-7,9-11,14H,8,12-13H2,1-3H3,(H,23,25). The molecule has 1 unspecified atom stereocenters. The van der Waals surface area contributed by atoms with Crippen LogP contribution in [0.5, 0.6) is 11.5 Å². The number of rotatable bonds is 5. The highest BCUT2D eigenvalue weighted by Crippen LogP contribution is 2.35. The molecule has 0 bridgehead atoms. The number of hydrogen-bond acceptors (Lipinski definition) is 4. The average molecular weight is 380 g/mol. The van der Waals surface area contributed by atoms with Crippen LogP contribution in [0, 0.1) is 0 Å². The van der Waals surface area contributed by atoms with Crippen LogP contribution in [0.4, 0.5) is 4.79 Å². The van der Waals surface area contributed by atoms with Gasteiger partial charge >= 0.3 is 6.03 Å². The topological polar surface area (TPSA) is 63.9 Å². The zero-order chi connectivity index (χ0) is 19.7. The lowest BCUT2D eigenvalue weighted by Gasteiger charge is -2.18. The van der Waals surface area contributed by atoms with Crippen molar-refractivity contribution in [3.05, 3.63) is 59.4 Å². The number of fused-ring (bicyclic) bond motifs is 2. The molecule has 1 aliphatic heterocycles. The van der Waals surface area contributed by atoms with Crippen molar-refractivity contribution in [2.45, 2.75) is 32.5 Å². The number of carbonyl (C=O) groups excluding carboxylic acids is 1. The Bertz CT molecular complexity index is 978. The van der Waals surface area contributed by atoms with Crippen LogP contribution >= 0.6 is 0 Å². The summed E-state index contributed by atoms with van der Waals surface area (Å²) >= 11 is 0. The second kappa shape index (κ2) is 7.46. The van der Waals surface area contributed by atoms with Gasteiger partial charge in [-0.3, -0.25) is 0 Å². The maximum atomic E-state index is 12.5. The first kappa shape index (κ1) is 18.2. The summed E-state index contributed by atoms with van der Waals surface area (Å²) in [6.45, 7) is 2.79. The highest BCUT2D eigenvalue weighted by atomic mass is 16.5. The number of methoxy groups -OCH3 is 1. The van der Waals surface area contributed by atoms with Crippen LogP contribution in [0.2, 0.25) is 0 Å². The first-order chi connectivity index (χ1) is 13.5. The van der Waals surface area contributed by atoms with E-state index in [1.807, 2.05) is 49.4 Å². The molecule has 6 nitrogen and oxygen atoms in total.